The highest BCUT2D eigenvalue weighted by atomic mass is 16.5. The van der Waals surface area contributed by atoms with Crippen LogP contribution in [-0.2, 0) is 4.74 Å². The summed E-state index contributed by atoms with van der Waals surface area (Å²) < 4.78 is 5.44. The van der Waals surface area contributed by atoms with E-state index in [1.54, 1.807) is 0 Å². The zero-order chi connectivity index (χ0) is 14.1. The Bertz CT molecular complexity index is 262. The summed E-state index contributed by atoms with van der Waals surface area (Å²) in [5.74, 6) is 1.60. The Hall–Kier alpha value is -0.810. The number of nitrogens with one attached hydrogen (secondary N) is 2. The lowest BCUT2D eigenvalue weighted by Crippen LogP contribution is -2.51. The molecule has 1 rings (SSSR count). The van der Waals surface area contributed by atoms with Gasteiger partial charge in [0.05, 0.1) is 13.2 Å². The predicted octanol–water partition coefficient (Wildman–Crippen LogP) is 0.918. The van der Waals surface area contributed by atoms with Gasteiger partial charge in [-0.05, 0) is 19.3 Å². The second kappa shape index (κ2) is 9.15. The molecule has 1 aliphatic rings. The van der Waals surface area contributed by atoms with Crippen molar-refractivity contribution < 1.29 is 4.74 Å². The standard InChI is InChI=1S/C14H30N4O/c1-5-16-14(15-4)17-11-13(10-12(2)3)18-6-8-19-9-7-18/h12-13H,5-11H2,1-4H3,(H2,15,16,17)/t13-/m0/s1. The first-order chi connectivity index (χ1) is 9.17. The van der Waals surface area contributed by atoms with E-state index in [1.165, 1.54) is 6.42 Å². The van der Waals surface area contributed by atoms with Crippen LogP contribution >= 0.6 is 0 Å². The second-order valence-electron chi connectivity index (χ2n) is 5.42. The number of morpholine rings is 1. The van der Waals surface area contributed by atoms with Gasteiger partial charge in [0.2, 0.25) is 0 Å². The van der Waals surface area contributed by atoms with Crippen molar-refractivity contribution in [3.8, 4) is 0 Å². The van der Waals surface area contributed by atoms with Crippen LogP contribution in [0.4, 0.5) is 0 Å². The van der Waals surface area contributed by atoms with Gasteiger partial charge in [-0.3, -0.25) is 9.89 Å². The fourth-order valence-electron chi connectivity index (χ4n) is 2.45. The number of hydrogen-bond donors (Lipinski definition) is 2. The largest absolute Gasteiger partial charge is 0.379 e. The fraction of sp³-hybridized carbons (Fsp3) is 0.929. The van der Waals surface area contributed by atoms with Gasteiger partial charge >= 0.3 is 0 Å². The van der Waals surface area contributed by atoms with Crippen molar-refractivity contribution >= 4 is 5.96 Å². The minimum Gasteiger partial charge on any atom is -0.379 e. The van der Waals surface area contributed by atoms with Crippen molar-refractivity contribution in [3.05, 3.63) is 0 Å². The number of nitrogens with zero attached hydrogens (tertiary/aromatic N) is 2. The van der Waals surface area contributed by atoms with E-state index in [1.807, 2.05) is 7.05 Å². The minimum atomic E-state index is 0.555. The van der Waals surface area contributed by atoms with Crippen LogP contribution in [0, 0.1) is 5.92 Å². The van der Waals surface area contributed by atoms with Gasteiger partial charge in [-0.15, -0.1) is 0 Å². The Labute approximate surface area is 117 Å². The monoisotopic (exact) mass is 270 g/mol. The van der Waals surface area contributed by atoms with Crippen molar-refractivity contribution in [2.24, 2.45) is 10.9 Å². The molecule has 112 valence electrons. The molecule has 5 nitrogen and oxygen atoms in total. The topological polar surface area (TPSA) is 48.9 Å². The van der Waals surface area contributed by atoms with Crippen LogP contribution in [0.5, 0.6) is 0 Å². The number of guanidine groups is 1. The SMILES string of the molecule is CCNC(=NC)NC[C@H](CC(C)C)N1CCOCC1. The third kappa shape index (κ3) is 6.25. The van der Waals surface area contributed by atoms with Gasteiger partial charge in [-0.2, -0.15) is 0 Å². The van der Waals surface area contributed by atoms with Crippen molar-refractivity contribution in [2.75, 3.05) is 46.4 Å². The summed E-state index contributed by atoms with van der Waals surface area (Å²) in [4.78, 5) is 6.76. The normalized spacial score (nSPS) is 19.5. The van der Waals surface area contributed by atoms with Gasteiger partial charge in [0, 0.05) is 39.3 Å². The molecule has 19 heavy (non-hydrogen) atoms. The molecule has 0 bridgehead atoms. The summed E-state index contributed by atoms with van der Waals surface area (Å²) in [6.45, 7) is 12.3. The average molecular weight is 270 g/mol. The number of ether oxygens (including phenoxy) is 1. The Morgan fingerprint density at radius 2 is 1.95 bits per heavy atom. The van der Waals surface area contributed by atoms with E-state index in [4.69, 9.17) is 4.74 Å². The van der Waals surface area contributed by atoms with E-state index < -0.39 is 0 Å². The third-order valence-electron chi connectivity index (χ3n) is 3.38. The molecular formula is C14H30N4O. The second-order valence-corrected chi connectivity index (χ2v) is 5.42. The highest BCUT2D eigenvalue weighted by Gasteiger charge is 2.21. The molecular weight excluding hydrogens is 240 g/mol. The van der Waals surface area contributed by atoms with E-state index in [9.17, 15) is 0 Å². The zero-order valence-corrected chi connectivity index (χ0v) is 12.9. The van der Waals surface area contributed by atoms with Gasteiger partial charge < -0.3 is 15.4 Å². The molecule has 0 saturated carbocycles. The van der Waals surface area contributed by atoms with Gasteiger partial charge in [-0.1, -0.05) is 13.8 Å². The van der Waals surface area contributed by atoms with Crippen LogP contribution in [0.25, 0.3) is 0 Å². The Morgan fingerprint density at radius 1 is 1.26 bits per heavy atom. The van der Waals surface area contributed by atoms with Gasteiger partial charge in [0.15, 0.2) is 5.96 Å². The van der Waals surface area contributed by atoms with E-state index in [0.29, 0.717) is 12.0 Å². The lowest BCUT2D eigenvalue weighted by Gasteiger charge is -2.35. The molecule has 0 amide bonds. The smallest absolute Gasteiger partial charge is 0.191 e. The molecule has 2 N–H and O–H groups in total. The molecule has 1 atom stereocenters. The number of hydrogen-bond acceptors (Lipinski definition) is 3. The van der Waals surface area contributed by atoms with E-state index >= 15 is 0 Å². The first kappa shape index (κ1) is 16.2. The maximum Gasteiger partial charge on any atom is 0.191 e. The minimum absolute atomic E-state index is 0.555. The molecule has 0 radical (unpaired) electrons. The van der Waals surface area contributed by atoms with Crippen molar-refractivity contribution in [1.82, 2.24) is 15.5 Å². The molecule has 0 aromatic rings. The summed E-state index contributed by atoms with van der Waals surface area (Å²) in [6.07, 6.45) is 1.20. The Morgan fingerprint density at radius 3 is 2.47 bits per heavy atom. The molecule has 1 aliphatic heterocycles. The highest BCUT2D eigenvalue weighted by molar-refractivity contribution is 5.79. The molecule has 0 aromatic heterocycles. The molecule has 0 spiro atoms. The zero-order valence-electron chi connectivity index (χ0n) is 12.9. The first-order valence-corrected chi connectivity index (χ1v) is 7.43. The Kier molecular flexibility index (Phi) is 7.82. The van der Waals surface area contributed by atoms with Crippen LogP contribution in [-0.4, -0.2) is 63.3 Å². The van der Waals surface area contributed by atoms with Crippen molar-refractivity contribution in [2.45, 2.75) is 33.2 Å². The quantitative estimate of drug-likeness (QED) is 0.556. The summed E-state index contributed by atoms with van der Waals surface area (Å²) in [5, 5.41) is 6.67. The fourth-order valence-corrected chi connectivity index (χ4v) is 2.45. The molecule has 0 unspecified atom stereocenters. The molecule has 0 aromatic carbocycles. The highest BCUT2D eigenvalue weighted by Crippen LogP contribution is 2.12. The summed E-state index contributed by atoms with van der Waals surface area (Å²) in [6, 6.07) is 0.555. The van der Waals surface area contributed by atoms with Gasteiger partial charge in [0.1, 0.15) is 0 Å². The maximum atomic E-state index is 5.44. The Balaban J connectivity index is 2.48. The van der Waals surface area contributed by atoms with E-state index in [0.717, 1.165) is 45.4 Å². The van der Waals surface area contributed by atoms with E-state index in [2.05, 4.69) is 41.3 Å². The molecule has 0 aliphatic carbocycles. The van der Waals surface area contributed by atoms with Crippen LogP contribution in [0.1, 0.15) is 27.2 Å². The van der Waals surface area contributed by atoms with Crippen LogP contribution < -0.4 is 10.6 Å². The summed E-state index contributed by atoms with van der Waals surface area (Å²) in [5.41, 5.74) is 0. The van der Waals surface area contributed by atoms with Crippen LogP contribution in [0.15, 0.2) is 4.99 Å². The van der Waals surface area contributed by atoms with Crippen LogP contribution in [0.3, 0.4) is 0 Å². The third-order valence-corrected chi connectivity index (χ3v) is 3.38. The summed E-state index contributed by atoms with van der Waals surface area (Å²) in [7, 11) is 1.82. The van der Waals surface area contributed by atoms with Crippen LogP contribution in [0.2, 0.25) is 0 Å². The molecule has 1 fully saturated rings. The summed E-state index contributed by atoms with van der Waals surface area (Å²) >= 11 is 0. The molecule has 5 heteroatoms. The number of rotatable bonds is 6. The van der Waals surface area contributed by atoms with E-state index in [-0.39, 0.29) is 0 Å². The molecule has 1 saturated heterocycles. The van der Waals surface area contributed by atoms with Crippen molar-refractivity contribution in [3.63, 3.8) is 0 Å². The van der Waals surface area contributed by atoms with Crippen molar-refractivity contribution in [1.29, 1.82) is 0 Å². The number of aliphatic imine (C=N–C) groups is 1. The van der Waals surface area contributed by atoms with Gasteiger partial charge in [0.25, 0.3) is 0 Å². The lowest BCUT2D eigenvalue weighted by atomic mass is 10.0. The lowest BCUT2D eigenvalue weighted by molar-refractivity contribution is 0.0132. The first-order valence-electron chi connectivity index (χ1n) is 7.43. The van der Waals surface area contributed by atoms with Gasteiger partial charge in [-0.25, -0.2) is 0 Å². The molecule has 1 heterocycles. The average Bonchev–Trinajstić information content (AvgIpc) is 2.42. The predicted molar refractivity (Wildman–Crippen MR) is 80.7 cm³/mol. The maximum absolute atomic E-state index is 5.44.